The van der Waals surface area contributed by atoms with E-state index in [0.29, 0.717) is 10.9 Å². The van der Waals surface area contributed by atoms with Crippen LogP contribution >= 0.6 is 0 Å². The van der Waals surface area contributed by atoms with Crippen LogP contribution in [0.4, 0.5) is 13.2 Å². The van der Waals surface area contributed by atoms with Crippen LogP contribution < -0.4 is 5.56 Å². The number of fused-ring (bicyclic) bond motifs is 1. The van der Waals surface area contributed by atoms with Crippen LogP contribution in [-0.4, -0.2) is 9.97 Å². The van der Waals surface area contributed by atoms with Gasteiger partial charge in [0.1, 0.15) is 17.6 Å². The largest absolute Gasteiger partial charge is 0.457 e. The number of benzene rings is 2. The first-order valence-corrected chi connectivity index (χ1v) is 8.74. The summed E-state index contributed by atoms with van der Waals surface area (Å²) in [6.45, 7) is 0. The lowest BCUT2D eigenvalue weighted by atomic mass is 10.1. The van der Waals surface area contributed by atoms with E-state index in [4.69, 9.17) is 4.42 Å². The number of H-pyrrole nitrogens is 1. The number of nitrogens with zero attached hydrogens (tertiary/aromatic N) is 2. The molecule has 0 saturated heterocycles. The van der Waals surface area contributed by atoms with Crippen LogP contribution in [-0.2, 0) is 6.18 Å². The van der Waals surface area contributed by atoms with E-state index in [9.17, 15) is 23.2 Å². The number of nitriles is 1. The van der Waals surface area contributed by atoms with Gasteiger partial charge in [0.2, 0.25) is 0 Å². The van der Waals surface area contributed by atoms with Crippen molar-refractivity contribution in [1.29, 1.82) is 5.26 Å². The highest BCUT2D eigenvalue weighted by molar-refractivity contribution is 5.88. The molecule has 4 rings (SSSR count). The van der Waals surface area contributed by atoms with Gasteiger partial charge in [-0.05, 0) is 36.4 Å². The Morgan fingerprint density at radius 1 is 1.10 bits per heavy atom. The van der Waals surface area contributed by atoms with Crippen molar-refractivity contribution >= 4 is 22.6 Å². The van der Waals surface area contributed by atoms with Gasteiger partial charge in [0.05, 0.1) is 22.0 Å². The van der Waals surface area contributed by atoms with Crippen molar-refractivity contribution in [3.05, 3.63) is 88.2 Å². The standard InChI is InChI=1S/C22H12F3N3O2/c23-22(24,25)15-5-3-4-13(10-15)19-9-8-16(30-19)11-14(12-26)20-27-18-7-2-1-6-17(18)21(29)28-20/h1-11H,(H,27,28,29). The summed E-state index contributed by atoms with van der Waals surface area (Å²) in [6, 6.07) is 16.4. The molecule has 2 heterocycles. The highest BCUT2D eigenvalue weighted by Crippen LogP contribution is 2.33. The quantitative estimate of drug-likeness (QED) is 0.469. The normalized spacial score (nSPS) is 12.1. The zero-order valence-electron chi connectivity index (χ0n) is 15.2. The Hall–Kier alpha value is -4.12. The van der Waals surface area contributed by atoms with Crippen molar-refractivity contribution in [1.82, 2.24) is 9.97 Å². The summed E-state index contributed by atoms with van der Waals surface area (Å²) < 4.78 is 44.4. The van der Waals surface area contributed by atoms with Crippen LogP contribution in [0.25, 0.3) is 33.9 Å². The van der Waals surface area contributed by atoms with Gasteiger partial charge in [-0.2, -0.15) is 18.4 Å². The number of hydrogen-bond donors (Lipinski definition) is 1. The second-order valence-corrected chi connectivity index (χ2v) is 6.38. The van der Waals surface area contributed by atoms with Gasteiger partial charge in [0, 0.05) is 11.6 Å². The lowest BCUT2D eigenvalue weighted by molar-refractivity contribution is -0.137. The molecule has 4 aromatic rings. The molecule has 148 valence electrons. The van der Waals surface area contributed by atoms with Gasteiger partial charge in [-0.1, -0.05) is 24.3 Å². The van der Waals surface area contributed by atoms with E-state index in [0.717, 1.165) is 12.1 Å². The topological polar surface area (TPSA) is 82.7 Å². The first kappa shape index (κ1) is 19.2. The highest BCUT2D eigenvalue weighted by atomic mass is 19.4. The summed E-state index contributed by atoms with van der Waals surface area (Å²) in [6.07, 6.45) is -3.10. The third-order valence-corrected chi connectivity index (χ3v) is 4.38. The van der Waals surface area contributed by atoms with Gasteiger partial charge in [-0.3, -0.25) is 4.79 Å². The Kier molecular flexibility index (Phi) is 4.72. The summed E-state index contributed by atoms with van der Waals surface area (Å²) in [5, 5.41) is 9.90. The van der Waals surface area contributed by atoms with Crippen molar-refractivity contribution in [3.63, 3.8) is 0 Å². The molecule has 1 N–H and O–H groups in total. The van der Waals surface area contributed by atoms with E-state index in [1.165, 1.54) is 30.3 Å². The first-order valence-electron chi connectivity index (χ1n) is 8.74. The molecular weight excluding hydrogens is 395 g/mol. The van der Waals surface area contributed by atoms with Crippen molar-refractivity contribution < 1.29 is 17.6 Å². The number of halogens is 3. The van der Waals surface area contributed by atoms with Gasteiger partial charge in [0.25, 0.3) is 5.56 Å². The summed E-state index contributed by atoms with van der Waals surface area (Å²) >= 11 is 0. The number of furan rings is 1. The Labute approximate surface area is 167 Å². The number of hydrogen-bond acceptors (Lipinski definition) is 4. The van der Waals surface area contributed by atoms with Crippen molar-refractivity contribution in [3.8, 4) is 17.4 Å². The number of allylic oxidation sites excluding steroid dienone is 1. The van der Waals surface area contributed by atoms with Gasteiger partial charge in [0.15, 0.2) is 5.82 Å². The third kappa shape index (κ3) is 3.73. The number of aromatic amines is 1. The van der Waals surface area contributed by atoms with Crippen LogP contribution in [0.3, 0.4) is 0 Å². The summed E-state index contributed by atoms with van der Waals surface area (Å²) in [7, 11) is 0. The molecule has 0 saturated carbocycles. The second-order valence-electron chi connectivity index (χ2n) is 6.38. The van der Waals surface area contributed by atoms with Gasteiger partial charge in [-0.25, -0.2) is 4.98 Å². The molecular formula is C22H12F3N3O2. The maximum atomic E-state index is 12.9. The molecule has 0 bridgehead atoms. The van der Waals surface area contributed by atoms with E-state index in [-0.39, 0.29) is 34.0 Å². The minimum atomic E-state index is -4.47. The van der Waals surface area contributed by atoms with Gasteiger partial charge in [-0.15, -0.1) is 0 Å². The predicted molar refractivity (Wildman–Crippen MR) is 105 cm³/mol. The lowest BCUT2D eigenvalue weighted by Crippen LogP contribution is -2.11. The fourth-order valence-corrected chi connectivity index (χ4v) is 2.94. The molecule has 0 spiro atoms. The Morgan fingerprint density at radius 3 is 2.67 bits per heavy atom. The van der Waals surface area contributed by atoms with Gasteiger partial charge < -0.3 is 9.40 Å². The van der Waals surface area contributed by atoms with E-state index in [1.54, 1.807) is 24.3 Å². The average molecular weight is 407 g/mol. The Bertz CT molecular complexity index is 1370. The lowest BCUT2D eigenvalue weighted by Gasteiger charge is -2.07. The van der Waals surface area contributed by atoms with E-state index in [2.05, 4.69) is 9.97 Å². The number of aromatic nitrogens is 2. The van der Waals surface area contributed by atoms with Crippen LogP contribution in [0, 0.1) is 11.3 Å². The number of para-hydroxylation sites is 1. The van der Waals surface area contributed by atoms with E-state index < -0.39 is 11.7 Å². The fraction of sp³-hybridized carbons (Fsp3) is 0.0455. The molecule has 0 atom stereocenters. The van der Waals surface area contributed by atoms with Crippen LogP contribution in [0.15, 0.2) is 69.9 Å². The van der Waals surface area contributed by atoms with Crippen LogP contribution in [0.1, 0.15) is 17.1 Å². The SMILES string of the molecule is N#CC(=Cc1ccc(-c2cccc(C(F)(F)F)c2)o1)c1nc2ccccc2c(=O)[nH]1. The number of alkyl halides is 3. The molecule has 2 aromatic heterocycles. The molecule has 0 aliphatic heterocycles. The zero-order chi connectivity index (χ0) is 21.3. The molecule has 5 nitrogen and oxygen atoms in total. The highest BCUT2D eigenvalue weighted by Gasteiger charge is 2.30. The molecule has 2 aromatic carbocycles. The smallest absolute Gasteiger partial charge is 0.416 e. The van der Waals surface area contributed by atoms with Crippen molar-refractivity contribution in [2.75, 3.05) is 0 Å². The predicted octanol–water partition coefficient (Wildman–Crippen LogP) is 5.27. The molecule has 0 unspecified atom stereocenters. The number of nitrogens with one attached hydrogen (secondary N) is 1. The van der Waals surface area contributed by atoms with E-state index in [1.807, 2.05) is 6.07 Å². The van der Waals surface area contributed by atoms with E-state index >= 15 is 0 Å². The summed E-state index contributed by atoms with van der Waals surface area (Å²) in [5.74, 6) is 0.512. The molecule has 30 heavy (non-hydrogen) atoms. The average Bonchev–Trinajstić information content (AvgIpc) is 3.20. The Morgan fingerprint density at radius 2 is 1.90 bits per heavy atom. The molecule has 0 amide bonds. The minimum absolute atomic E-state index is 0.0443. The second kappa shape index (κ2) is 7.37. The third-order valence-electron chi connectivity index (χ3n) is 4.38. The first-order chi connectivity index (χ1) is 14.3. The molecule has 0 radical (unpaired) electrons. The Balaban J connectivity index is 1.71. The number of rotatable bonds is 3. The molecule has 0 fully saturated rings. The summed E-state index contributed by atoms with van der Waals surface area (Å²) in [5.41, 5.74) is -0.450. The molecule has 8 heteroatoms. The van der Waals surface area contributed by atoms with Crippen LogP contribution in [0.2, 0.25) is 0 Å². The van der Waals surface area contributed by atoms with Crippen LogP contribution in [0.5, 0.6) is 0 Å². The van der Waals surface area contributed by atoms with Gasteiger partial charge >= 0.3 is 6.18 Å². The monoisotopic (exact) mass is 407 g/mol. The van der Waals surface area contributed by atoms with Crippen molar-refractivity contribution in [2.24, 2.45) is 0 Å². The zero-order valence-corrected chi connectivity index (χ0v) is 15.2. The minimum Gasteiger partial charge on any atom is -0.457 e. The fourth-order valence-electron chi connectivity index (χ4n) is 2.94. The summed E-state index contributed by atoms with van der Waals surface area (Å²) in [4.78, 5) is 19.1. The maximum Gasteiger partial charge on any atom is 0.416 e. The maximum absolute atomic E-state index is 12.9. The molecule has 0 aliphatic rings. The van der Waals surface area contributed by atoms with Crippen molar-refractivity contribution in [2.45, 2.75) is 6.18 Å². The molecule has 0 aliphatic carbocycles.